The van der Waals surface area contributed by atoms with Gasteiger partial charge in [0.05, 0.1) is 41.9 Å². The van der Waals surface area contributed by atoms with Crippen LogP contribution in [0.2, 0.25) is 0 Å². The van der Waals surface area contributed by atoms with Gasteiger partial charge >= 0.3 is 0 Å². The molecule has 0 saturated carbocycles. The topological polar surface area (TPSA) is 76.5 Å². The maximum Gasteiger partial charge on any atom is 0.260 e. The fourth-order valence-electron chi connectivity index (χ4n) is 3.65. The Bertz CT molecular complexity index is 1070. The zero-order valence-corrected chi connectivity index (χ0v) is 17.9. The van der Waals surface area contributed by atoms with Crippen LogP contribution in [0.25, 0.3) is 10.9 Å². The molecule has 1 N–H and O–H groups in total. The number of nitrogens with zero attached hydrogens (tertiary/aromatic N) is 3. The highest BCUT2D eigenvalue weighted by atomic mass is 32.1. The third-order valence-corrected chi connectivity index (χ3v) is 6.20. The van der Waals surface area contributed by atoms with Crippen LogP contribution in [0.4, 0.5) is 0 Å². The van der Waals surface area contributed by atoms with Crippen molar-refractivity contribution in [2.45, 2.75) is 19.9 Å². The Balaban J connectivity index is 1.46. The molecule has 0 atom stereocenters. The summed E-state index contributed by atoms with van der Waals surface area (Å²) >= 11 is 1.61. The highest BCUT2D eigenvalue weighted by molar-refractivity contribution is 7.09. The summed E-state index contributed by atoms with van der Waals surface area (Å²) < 4.78 is 7.01. The van der Waals surface area contributed by atoms with Crippen LogP contribution >= 0.6 is 11.3 Å². The minimum atomic E-state index is -0.183. The summed E-state index contributed by atoms with van der Waals surface area (Å²) in [5.74, 6) is -0.183. The lowest BCUT2D eigenvalue weighted by Gasteiger charge is -2.26. The van der Waals surface area contributed by atoms with E-state index in [9.17, 15) is 9.59 Å². The van der Waals surface area contributed by atoms with Crippen molar-refractivity contribution < 1.29 is 9.53 Å². The first-order valence-corrected chi connectivity index (χ1v) is 11.1. The fraction of sp³-hybridized carbons (Fsp3) is 0.409. The summed E-state index contributed by atoms with van der Waals surface area (Å²) in [4.78, 5) is 33.6. The average Bonchev–Trinajstić information content (AvgIpc) is 3.27. The van der Waals surface area contributed by atoms with Crippen molar-refractivity contribution in [3.05, 3.63) is 62.3 Å². The van der Waals surface area contributed by atoms with Crippen molar-refractivity contribution in [3.63, 3.8) is 0 Å². The van der Waals surface area contributed by atoms with Crippen molar-refractivity contribution in [1.29, 1.82) is 0 Å². The van der Waals surface area contributed by atoms with Gasteiger partial charge in [0.2, 0.25) is 0 Å². The van der Waals surface area contributed by atoms with Crippen LogP contribution < -0.4 is 10.9 Å². The van der Waals surface area contributed by atoms with Gasteiger partial charge in [0.15, 0.2) is 0 Å². The molecule has 1 amide bonds. The number of aromatic nitrogens is 2. The number of amides is 1. The van der Waals surface area contributed by atoms with Gasteiger partial charge in [0, 0.05) is 30.7 Å². The summed E-state index contributed by atoms with van der Waals surface area (Å²) in [5, 5.41) is 5.43. The molecule has 30 heavy (non-hydrogen) atoms. The molecule has 0 radical (unpaired) electrons. The molecule has 1 fully saturated rings. The van der Waals surface area contributed by atoms with Crippen molar-refractivity contribution in [2.24, 2.45) is 0 Å². The molecule has 4 heterocycles. The normalized spacial score (nSPS) is 14.8. The van der Waals surface area contributed by atoms with Crippen LogP contribution in [-0.2, 0) is 11.3 Å². The Hall–Kier alpha value is -2.55. The third kappa shape index (κ3) is 4.77. The number of rotatable bonds is 7. The molecule has 1 saturated heterocycles. The van der Waals surface area contributed by atoms with E-state index in [0.717, 1.165) is 44.1 Å². The minimum Gasteiger partial charge on any atom is -0.379 e. The van der Waals surface area contributed by atoms with Crippen LogP contribution in [0.15, 0.2) is 40.6 Å². The molecular formula is C22H26N4O3S. The highest BCUT2D eigenvalue weighted by Gasteiger charge is 2.15. The Labute approximate surface area is 179 Å². The molecule has 0 bridgehead atoms. The van der Waals surface area contributed by atoms with Gasteiger partial charge in [0.1, 0.15) is 0 Å². The second kappa shape index (κ2) is 9.51. The highest BCUT2D eigenvalue weighted by Crippen LogP contribution is 2.15. The molecule has 8 heteroatoms. The lowest BCUT2D eigenvalue weighted by atomic mass is 10.1. The maximum atomic E-state index is 13.0. The van der Waals surface area contributed by atoms with Gasteiger partial charge in [-0.05, 0) is 43.5 Å². The standard InChI is InChI=1S/C22H26N4O3S/c1-16-18(21(27)23-6-3-7-25-9-11-29-12-10-25)14-19-20(24-16)5-8-26(22(19)28)15-17-4-2-13-30-17/h2,4-5,8,13-14H,3,6-7,9-12,15H2,1H3,(H,23,27). The van der Waals surface area contributed by atoms with Gasteiger partial charge in [-0.25, -0.2) is 0 Å². The zero-order valence-electron chi connectivity index (χ0n) is 17.1. The number of hydrogen-bond acceptors (Lipinski definition) is 6. The van der Waals surface area contributed by atoms with Gasteiger partial charge in [-0.15, -0.1) is 11.3 Å². The second-order valence-corrected chi connectivity index (χ2v) is 8.48. The number of thiophene rings is 1. The molecule has 0 aromatic carbocycles. The molecule has 4 rings (SSSR count). The monoisotopic (exact) mass is 426 g/mol. The number of aryl methyl sites for hydroxylation is 1. The predicted octanol–water partition coefficient (Wildman–Crippen LogP) is 2.27. The van der Waals surface area contributed by atoms with Gasteiger partial charge < -0.3 is 14.6 Å². The first kappa shape index (κ1) is 20.7. The van der Waals surface area contributed by atoms with Gasteiger partial charge in [-0.2, -0.15) is 0 Å². The fourth-order valence-corrected chi connectivity index (χ4v) is 4.36. The van der Waals surface area contributed by atoms with Gasteiger partial charge in [-0.3, -0.25) is 19.5 Å². The van der Waals surface area contributed by atoms with Gasteiger partial charge in [0.25, 0.3) is 11.5 Å². The molecule has 7 nitrogen and oxygen atoms in total. The van der Waals surface area contributed by atoms with Crippen LogP contribution in [0.5, 0.6) is 0 Å². The molecule has 3 aromatic rings. The lowest BCUT2D eigenvalue weighted by Crippen LogP contribution is -2.38. The van der Waals surface area contributed by atoms with Crippen LogP contribution in [0.1, 0.15) is 27.3 Å². The zero-order chi connectivity index (χ0) is 20.9. The second-order valence-electron chi connectivity index (χ2n) is 7.45. The molecule has 0 spiro atoms. The quantitative estimate of drug-likeness (QED) is 0.587. The van der Waals surface area contributed by atoms with Crippen molar-refractivity contribution in [3.8, 4) is 0 Å². The van der Waals surface area contributed by atoms with E-state index >= 15 is 0 Å². The van der Waals surface area contributed by atoms with Crippen LogP contribution in [0, 0.1) is 6.92 Å². The van der Waals surface area contributed by atoms with E-state index in [1.165, 1.54) is 0 Å². The third-order valence-electron chi connectivity index (χ3n) is 5.34. The van der Waals surface area contributed by atoms with E-state index < -0.39 is 0 Å². The average molecular weight is 427 g/mol. The minimum absolute atomic E-state index is 0.130. The van der Waals surface area contributed by atoms with E-state index in [1.54, 1.807) is 35.1 Å². The predicted molar refractivity (Wildman–Crippen MR) is 118 cm³/mol. The number of nitrogens with one attached hydrogen (secondary N) is 1. The van der Waals surface area contributed by atoms with Crippen molar-refractivity contribution in [1.82, 2.24) is 19.8 Å². The summed E-state index contributed by atoms with van der Waals surface area (Å²) in [5.41, 5.74) is 1.57. The van der Waals surface area contributed by atoms with E-state index in [4.69, 9.17) is 4.74 Å². The maximum absolute atomic E-state index is 13.0. The van der Waals surface area contributed by atoms with Crippen LogP contribution in [0.3, 0.4) is 0 Å². The van der Waals surface area contributed by atoms with E-state index in [1.807, 2.05) is 23.6 Å². The van der Waals surface area contributed by atoms with Crippen molar-refractivity contribution in [2.75, 3.05) is 39.4 Å². The number of carbonyl (C=O) groups excluding carboxylic acids is 1. The summed E-state index contributed by atoms with van der Waals surface area (Å²) in [6.07, 6.45) is 2.64. The number of ether oxygens (including phenoxy) is 1. The molecule has 3 aromatic heterocycles. The first-order chi connectivity index (χ1) is 14.6. The number of pyridine rings is 2. The molecule has 0 unspecified atom stereocenters. The number of morpholine rings is 1. The van der Waals surface area contributed by atoms with E-state index in [2.05, 4.69) is 15.2 Å². The molecular weight excluding hydrogens is 400 g/mol. The summed E-state index contributed by atoms with van der Waals surface area (Å²) in [7, 11) is 0. The number of hydrogen-bond donors (Lipinski definition) is 1. The number of carbonyl (C=O) groups is 1. The van der Waals surface area contributed by atoms with Crippen LogP contribution in [-0.4, -0.2) is 59.8 Å². The largest absolute Gasteiger partial charge is 0.379 e. The SMILES string of the molecule is Cc1nc2ccn(Cc3cccs3)c(=O)c2cc1C(=O)NCCCN1CCOCC1. The molecule has 1 aliphatic rings. The Kier molecular flexibility index (Phi) is 6.56. The Morgan fingerprint density at radius 3 is 2.90 bits per heavy atom. The lowest BCUT2D eigenvalue weighted by molar-refractivity contribution is 0.0374. The number of fused-ring (bicyclic) bond motifs is 1. The Morgan fingerprint density at radius 1 is 1.30 bits per heavy atom. The Morgan fingerprint density at radius 2 is 2.13 bits per heavy atom. The van der Waals surface area contributed by atoms with Gasteiger partial charge in [-0.1, -0.05) is 6.07 Å². The van der Waals surface area contributed by atoms with E-state index in [-0.39, 0.29) is 11.5 Å². The van der Waals surface area contributed by atoms with E-state index in [0.29, 0.717) is 35.2 Å². The molecule has 1 aliphatic heterocycles. The smallest absolute Gasteiger partial charge is 0.260 e. The summed E-state index contributed by atoms with van der Waals surface area (Å²) in [6.45, 7) is 7.29. The van der Waals surface area contributed by atoms with Crippen molar-refractivity contribution >= 4 is 28.1 Å². The summed E-state index contributed by atoms with van der Waals surface area (Å²) in [6, 6.07) is 7.49. The molecule has 158 valence electrons. The first-order valence-electron chi connectivity index (χ1n) is 10.2. The molecule has 0 aliphatic carbocycles.